The molecule has 3 unspecified atom stereocenters. The Morgan fingerprint density at radius 3 is 2.70 bits per heavy atom. The number of rotatable bonds is 4. The quantitative estimate of drug-likeness (QED) is 0.927. The fourth-order valence-corrected chi connectivity index (χ4v) is 3.93. The van der Waals surface area contributed by atoms with E-state index in [9.17, 15) is 9.90 Å². The lowest BCUT2D eigenvalue weighted by molar-refractivity contribution is -0.138. The summed E-state index contributed by atoms with van der Waals surface area (Å²) in [5.41, 5.74) is 1.27. The minimum absolute atomic E-state index is 0.0166. The highest BCUT2D eigenvalue weighted by Crippen LogP contribution is 2.25. The van der Waals surface area contributed by atoms with E-state index in [4.69, 9.17) is 0 Å². The summed E-state index contributed by atoms with van der Waals surface area (Å²) in [6, 6.07) is 10.4. The van der Waals surface area contributed by atoms with Gasteiger partial charge in [0, 0.05) is 25.6 Å². The summed E-state index contributed by atoms with van der Waals surface area (Å²) in [4.78, 5) is 17.3. The van der Waals surface area contributed by atoms with E-state index in [1.54, 1.807) is 0 Å². The fraction of sp³-hybridized carbons (Fsp3) is 0.632. The van der Waals surface area contributed by atoms with Crippen LogP contribution < -0.4 is 0 Å². The minimum Gasteiger partial charge on any atom is -0.393 e. The van der Waals surface area contributed by atoms with E-state index < -0.39 is 0 Å². The highest BCUT2D eigenvalue weighted by molar-refractivity contribution is 5.82. The van der Waals surface area contributed by atoms with Crippen LogP contribution in [0.3, 0.4) is 0 Å². The van der Waals surface area contributed by atoms with Crippen LogP contribution in [0.15, 0.2) is 30.3 Å². The minimum atomic E-state index is -0.324. The molecule has 23 heavy (non-hydrogen) atoms. The van der Waals surface area contributed by atoms with E-state index in [1.165, 1.54) is 5.56 Å². The number of carbonyl (C=O) groups excluding carboxylic acids is 1. The number of benzene rings is 1. The van der Waals surface area contributed by atoms with E-state index >= 15 is 0 Å². The van der Waals surface area contributed by atoms with Crippen LogP contribution in [0.2, 0.25) is 0 Å². The summed E-state index contributed by atoms with van der Waals surface area (Å²) in [6.45, 7) is 5.25. The van der Waals surface area contributed by atoms with Crippen molar-refractivity contribution in [1.29, 1.82) is 0 Å². The summed E-state index contributed by atoms with van der Waals surface area (Å²) in [7, 11) is 0. The van der Waals surface area contributed by atoms with E-state index in [2.05, 4.69) is 29.2 Å². The van der Waals surface area contributed by atoms with Crippen molar-refractivity contribution < 1.29 is 9.90 Å². The fourth-order valence-electron chi connectivity index (χ4n) is 3.93. The van der Waals surface area contributed by atoms with Crippen molar-refractivity contribution in [1.82, 2.24) is 9.80 Å². The summed E-state index contributed by atoms with van der Waals surface area (Å²) < 4.78 is 0. The number of likely N-dealkylation sites (tertiary alicyclic amines) is 2. The third-order valence-corrected chi connectivity index (χ3v) is 5.33. The predicted molar refractivity (Wildman–Crippen MR) is 90.9 cm³/mol. The van der Waals surface area contributed by atoms with Crippen molar-refractivity contribution in [3.8, 4) is 0 Å². The van der Waals surface area contributed by atoms with Gasteiger partial charge in [-0.3, -0.25) is 9.69 Å². The van der Waals surface area contributed by atoms with Gasteiger partial charge in [0.2, 0.25) is 5.91 Å². The molecule has 1 amide bonds. The second-order valence-corrected chi connectivity index (χ2v) is 7.04. The number of carbonyl (C=O) groups is 1. The molecule has 2 aliphatic rings. The molecule has 2 aliphatic heterocycles. The monoisotopic (exact) mass is 316 g/mol. The Labute approximate surface area is 139 Å². The molecule has 0 aromatic heterocycles. The van der Waals surface area contributed by atoms with Crippen LogP contribution in [0.25, 0.3) is 0 Å². The van der Waals surface area contributed by atoms with Crippen molar-refractivity contribution >= 4 is 5.91 Å². The van der Waals surface area contributed by atoms with Crippen LogP contribution in [0.4, 0.5) is 0 Å². The molecule has 2 fully saturated rings. The number of amides is 1. The number of hydrogen-bond acceptors (Lipinski definition) is 3. The van der Waals surface area contributed by atoms with Crippen molar-refractivity contribution in [3.05, 3.63) is 35.9 Å². The normalized spacial score (nSPS) is 27.1. The first kappa shape index (κ1) is 16.5. The topological polar surface area (TPSA) is 43.8 Å². The lowest BCUT2D eigenvalue weighted by atomic mass is 9.93. The number of aliphatic hydroxyl groups excluding tert-OH is 1. The maximum Gasteiger partial charge on any atom is 0.239 e. The van der Waals surface area contributed by atoms with E-state index in [0.717, 1.165) is 45.3 Å². The first-order valence-electron chi connectivity index (χ1n) is 8.90. The summed E-state index contributed by atoms with van der Waals surface area (Å²) in [6.07, 6.45) is 3.76. The molecule has 4 nitrogen and oxygen atoms in total. The van der Waals surface area contributed by atoms with Gasteiger partial charge in [0.05, 0.1) is 12.1 Å². The molecule has 1 N–H and O–H groups in total. The molecule has 0 bridgehead atoms. The van der Waals surface area contributed by atoms with Crippen molar-refractivity contribution in [2.75, 3.05) is 19.6 Å². The maximum absolute atomic E-state index is 13.0. The Morgan fingerprint density at radius 1 is 1.22 bits per heavy atom. The Morgan fingerprint density at radius 2 is 1.96 bits per heavy atom. The van der Waals surface area contributed by atoms with Gasteiger partial charge in [0.1, 0.15) is 0 Å². The molecule has 0 saturated carbocycles. The van der Waals surface area contributed by atoms with Crippen molar-refractivity contribution in [2.45, 2.75) is 51.3 Å². The molecule has 3 atom stereocenters. The highest BCUT2D eigenvalue weighted by Gasteiger charge is 2.36. The van der Waals surface area contributed by atoms with E-state index in [-0.39, 0.29) is 24.0 Å². The van der Waals surface area contributed by atoms with Gasteiger partial charge in [-0.1, -0.05) is 30.3 Å². The zero-order chi connectivity index (χ0) is 16.2. The van der Waals surface area contributed by atoms with Crippen LogP contribution in [0.1, 0.15) is 38.2 Å². The van der Waals surface area contributed by atoms with Gasteiger partial charge >= 0.3 is 0 Å². The molecule has 2 saturated heterocycles. The van der Waals surface area contributed by atoms with Crippen LogP contribution in [-0.2, 0) is 11.3 Å². The molecule has 2 heterocycles. The lowest BCUT2D eigenvalue weighted by Gasteiger charge is -2.37. The van der Waals surface area contributed by atoms with Gasteiger partial charge in [0.15, 0.2) is 0 Å². The molecule has 0 spiro atoms. The molecular weight excluding hydrogens is 288 g/mol. The average Bonchev–Trinajstić information content (AvgIpc) is 3.03. The van der Waals surface area contributed by atoms with E-state index in [0.29, 0.717) is 6.54 Å². The zero-order valence-corrected chi connectivity index (χ0v) is 14.0. The van der Waals surface area contributed by atoms with Crippen LogP contribution in [0, 0.1) is 5.92 Å². The number of piperidine rings is 1. The third-order valence-electron chi connectivity index (χ3n) is 5.33. The molecule has 126 valence electrons. The smallest absolute Gasteiger partial charge is 0.239 e. The van der Waals surface area contributed by atoms with Gasteiger partial charge in [0.25, 0.3) is 0 Å². The van der Waals surface area contributed by atoms with Crippen LogP contribution in [0.5, 0.6) is 0 Å². The molecule has 0 aliphatic carbocycles. The molecular formula is C19H28N2O2. The van der Waals surface area contributed by atoms with Crippen LogP contribution in [-0.4, -0.2) is 52.6 Å². The van der Waals surface area contributed by atoms with Crippen molar-refractivity contribution in [2.24, 2.45) is 5.92 Å². The molecule has 0 radical (unpaired) electrons. The summed E-state index contributed by atoms with van der Waals surface area (Å²) >= 11 is 0. The second kappa shape index (κ2) is 7.45. The summed E-state index contributed by atoms with van der Waals surface area (Å²) in [5.74, 6) is 0.500. The predicted octanol–water partition coefficient (Wildman–Crippen LogP) is 2.27. The summed E-state index contributed by atoms with van der Waals surface area (Å²) in [5, 5.41) is 9.84. The molecule has 3 rings (SSSR count). The zero-order valence-electron chi connectivity index (χ0n) is 14.0. The van der Waals surface area contributed by atoms with Crippen molar-refractivity contribution in [3.63, 3.8) is 0 Å². The second-order valence-electron chi connectivity index (χ2n) is 7.04. The Kier molecular flexibility index (Phi) is 5.34. The first-order valence-corrected chi connectivity index (χ1v) is 8.90. The largest absolute Gasteiger partial charge is 0.393 e. The average molecular weight is 316 g/mol. The van der Waals surface area contributed by atoms with Gasteiger partial charge in [-0.15, -0.1) is 0 Å². The van der Waals surface area contributed by atoms with Gasteiger partial charge in [-0.2, -0.15) is 0 Å². The Bertz CT molecular complexity index is 517. The number of nitrogens with zero attached hydrogens (tertiary/aromatic N) is 2. The maximum atomic E-state index is 13.0. The molecule has 1 aromatic rings. The van der Waals surface area contributed by atoms with Gasteiger partial charge in [-0.05, 0) is 44.7 Å². The van der Waals surface area contributed by atoms with Gasteiger partial charge < -0.3 is 10.0 Å². The highest BCUT2D eigenvalue weighted by atomic mass is 16.3. The first-order chi connectivity index (χ1) is 11.1. The molecule has 4 heteroatoms. The lowest BCUT2D eigenvalue weighted by Crippen LogP contribution is -2.50. The van der Waals surface area contributed by atoms with Gasteiger partial charge in [-0.25, -0.2) is 0 Å². The Balaban J connectivity index is 1.63. The third kappa shape index (κ3) is 3.93. The van der Waals surface area contributed by atoms with E-state index in [1.807, 2.05) is 17.9 Å². The number of hydrogen-bond donors (Lipinski definition) is 1. The number of aliphatic hydroxyl groups is 1. The SMILES string of the molecule is CC(O)C1CCCN(C(=O)C2CCCN2Cc2ccccc2)C1. The standard InChI is InChI=1S/C19H28N2O2/c1-15(22)17-9-5-12-21(14-17)19(23)18-10-6-11-20(18)13-16-7-3-2-4-8-16/h2-4,7-8,15,17-18,22H,5-6,9-14H2,1H3. The molecule has 1 aromatic carbocycles. The Hall–Kier alpha value is -1.39. The van der Waals surface area contributed by atoms with Crippen LogP contribution >= 0.6 is 0 Å².